The first-order valence-corrected chi connectivity index (χ1v) is 20.6. The summed E-state index contributed by atoms with van der Waals surface area (Å²) in [7, 11) is 1.57. The molecule has 0 saturated heterocycles. The summed E-state index contributed by atoms with van der Waals surface area (Å²) >= 11 is 5.22. The van der Waals surface area contributed by atoms with Crippen molar-refractivity contribution in [2.24, 2.45) is 0 Å². The molecule has 0 spiro atoms. The summed E-state index contributed by atoms with van der Waals surface area (Å²) in [6.45, 7) is 0. The lowest BCUT2D eigenvalue weighted by atomic mass is 10.1. The Morgan fingerprint density at radius 1 is 0.587 bits per heavy atom. The van der Waals surface area contributed by atoms with Gasteiger partial charge in [0.1, 0.15) is 32.7 Å². The highest BCUT2D eigenvalue weighted by atomic mass is 79.9. The predicted molar refractivity (Wildman–Crippen MR) is 200 cm³/mol. The van der Waals surface area contributed by atoms with Crippen LogP contribution < -0.4 is 37.6 Å². The minimum Gasteiger partial charge on any atom is -1.00 e. The molecule has 5 rings (SSSR count). The highest BCUT2D eigenvalue weighted by Crippen LogP contribution is 2.56. The van der Waals surface area contributed by atoms with Gasteiger partial charge in [0.2, 0.25) is 0 Å². The maximum atomic E-state index is 12.3. The summed E-state index contributed by atoms with van der Waals surface area (Å²) < 4.78 is 6.45. The molecular formula is C39H42BrO2PS3. The number of ether oxygens (including phenoxy) is 1. The van der Waals surface area contributed by atoms with Crippen molar-refractivity contribution in [3.63, 3.8) is 0 Å². The summed E-state index contributed by atoms with van der Waals surface area (Å²) in [6, 6.07) is 43.4. The number of benzene rings is 4. The molecule has 0 amide bonds. The average molecular weight is 750 g/mol. The van der Waals surface area contributed by atoms with Crippen LogP contribution in [0.2, 0.25) is 0 Å². The predicted octanol–water partition coefficient (Wildman–Crippen LogP) is 8.01. The molecule has 4 aromatic carbocycles. The molecule has 5 aromatic rings. The van der Waals surface area contributed by atoms with Gasteiger partial charge in [0.15, 0.2) is 0 Å². The van der Waals surface area contributed by atoms with Gasteiger partial charge in [-0.25, -0.2) is 0 Å². The van der Waals surface area contributed by atoms with E-state index in [0.29, 0.717) is 12.2 Å². The maximum Gasteiger partial charge on any atom is 0.311 e. The monoisotopic (exact) mass is 748 g/mol. The Kier molecular flexibility index (Phi) is 15.3. The quantitative estimate of drug-likeness (QED) is 0.0241. The fraction of sp³-hybridized carbons (Fsp3) is 0.282. The van der Waals surface area contributed by atoms with Gasteiger partial charge in [-0.1, -0.05) is 126 Å². The second-order valence-electron chi connectivity index (χ2n) is 11.5. The van der Waals surface area contributed by atoms with Crippen molar-refractivity contribution < 1.29 is 26.5 Å². The molecule has 0 radical (unpaired) electrons. The second kappa shape index (κ2) is 19.4. The molecule has 0 atom stereocenters. The zero-order chi connectivity index (χ0) is 31.2. The molecule has 1 aromatic heterocycles. The van der Waals surface area contributed by atoms with Gasteiger partial charge >= 0.3 is 5.97 Å². The van der Waals surface area contributed by atoms with Crippen molar-refractivity contribution in [2.75, 3.05) is 6.16 Å². The number of halogens is 1. The molecule has 0 aliphatic heterocycles. The summed E-state index contributed by atoms with van der Waals surface area (Å²) in [5.74, 6) is 0.465. The van der Waals surface area contributed by atoms with Gasteiger partial charge in [0.05, 0.1) is 6.16 Å². The highest BCUT2D eigenvalue weighted by Gasteiger charge is 2.44. The molecule has 7 heteroatoms. The molecule has 0 unspecified atom stereocenters. The summed E-state index contributed by atoms with van der Waals surface area (Å²) in [6.07, 6.45) is 12.4. The Labute approximate surface area is 298 Å². The number of hydrogen-bond acceptors (Lipinski definition) is 5. The third-order valence-corrected chi connectivity index (χ3v) is 15.7. The smallest absolute Gasteiger partial charge is 0.311 e. The van der Waals surface area contributed by atoms with Crippen LogP contribution in [0.25, 0.3) is 10.4 Å². The lowest BCUT2D eigenvalue weighted by Crippen LogP contribution is -3.00. The number of rotatable bonds is 17. The van der Waals surface area contributed by atoms with E-state index in [-0.39, 0.29) is 23.0 Å². The van der Waals surface area contributed by atoms with Gasteiger partial charge in [-0.15, -0.1) is 0 Å². The fourth-order valence-electron chi connectivity index (χ4n) is 5.98. The van der Waals surface area contributed by atoms with Crippen LogP contribution in [0.1, 0.15) is 64.2 Å². The van der Waals surface area contributed by atoms with Gasteiger partial charge in [-0.2, -0.15) is 0 Å². The largest absolute Gasteiger partial charge is 1.00 e. The van der Waals surface area contributed by atoms with E-state index < -0.39 is 7.26 Å². The second-order valence-corrected chi connectivity index (χ2v) is 18.0. The molecule has 0 N–H and O–H groups in total. The van der Waals surface area contributed by atoms with E-state index in [1.807, 2.05) is 30.3 Å². The van der Waals surface area contributed by atoms with Gasteiger partial charge in [-0.3, -0.25) is 4.79 Å². The van der Waals surface area contributed by atoms with E-state index in [1.165, 1.54) is 67.0 Å². The molecule has 0 aliphatic carbocycles. The van der Waals surface area contributed by atoms with E-state index in [9.17, 15) is 4.79 Å². The molecule has 2 nitrogen and oxygen atoms in total. The van der Waals surface area contributed by atoms with Crippen LogP contribution in [0.4, 0.5) is 0 Å². The van der Waals surface area contributed by atoms with Crippen LogP contribution in [0.15, 0.2) is 121 Å². The van der Waals surface area contributed by atoms with E-state index in [2.05, 4.69) is 91.0 Å². The van der Waals surface area contributed by atoms with Crippen LogP contribution in [0.5, 0.6) is 5.75 Å². The molecule has 46 heavy (non-hydrogen) atoms. The normalized spacial score (nSPS) is 11.1. The van der Waals surface area contributed by atoms with Crippen LogP contribution >= 0.6 is 40.2 Å². The van der Waals surface area contributed by atoms with E-state index in [0.717, 1.165) is 27.1 Å². The van der Waals surface area contributed by atoms with Crippen molar-refractivity contribution in [1.29, 1.82) is 0 Å². The number of esters is 1. The minimum absolute atomic E-state index is 0. The van der Waals surface area contributed by atoms with Crippen molar-refractivity contribution in [1.82, 2.24) is 0 Å². The first-order chi connectivity index (χ1) is 22.1. The average Bonchev–Trinajstić information content (AvgIpc) is 3.53. The zero-order valence-electron chi connectivity index (χ0n) is 26.2. The topological polar surface area (TPSA) is 26.3 Å². The van der Waals surface area contributed by atoms with Gasteiger partial charge < -0.3 is 21.7 Å². The molecular weight excluding hydrogens is 708 g/mol. The Morgan fingerprint density at radius 2 is 1.04 bits per heavy atom. The number of hydrogen-bond donors (Lipinski definition) is 0. The van der Waals surface area contributed by atoms with Crippen LogP contribution in [0.3, 0.4) is 0 Å². The standard InChI is InChI=1S/C39H42O2PS3.BrH/c40-38(41-33-28-26-32(27-29-33)37-31-39(43)45-44-37)25-17-6-4-2-1-3-5-7-18-30-42(34-19-11-8-12-20-34,35-21-13-9-14-22-35)36-23-15-10-16-24-36;/h8-16,19-24,26-29,31H,1-7,17-18,25,30H2;1H/q+1;/p-1. The molecule has 0 bridgehead atoms. The number of unbranched alkanes of at least 4 members (excludes halogenated alkanes) is 8. The van der Waals surface area contributed by atoms with Crippen molar-refractivity contribution in [3.05, 3.63) is 125 Å². The Balaban J connectivity index is 0.00000480. The van der Waals surface area contributed by atoms with E-state index >= 15 is 0 Å². The van der Waals surface area contributed by atoms with Crippen LogP contribution in [-0.4, -0.2) is 12.1 Å². The van der Waals surface area contributed by atoms with E-state index in [1.54, 1.807) is 20.7 Å². The van der Waals surface area contributed by atoms with Gasteiger partial charge in [-0.05, 0) is 91.6 Å². The molecule has 0 fully saturated rings. The Morgan fingerprint density at radius 3 is 1.50 bits per heavy atom. The SMILES string of the molecule is O=C(CCCCCCCCCCC[P+](c1ccccc1)(c1ccccc1)c1ccccc1)Oc1ccc(-c2cc(=S)ss2)cc1.[Br-]. The number of carbonyl (C=O) groups excluding carboxylic acids is 1. The van der Waals surface area contributed by atoms with Crippen molar-refractivity contribution in [2.45, 2.75) is 64.2 Å². The minimum atomic E-state index is -1.71. The summed E-state index contributed by atoms with van der Waals surface area (Å²) in [4.78, 5) is 13.5. The molecule has 0 aliphatic rings. The zero-order valence-corrected chi connectivity index (χ0v) is 31.1. The van der Waals surface area contributed by atoms with E-state index in [4.69, 9.17) is 17.0 Å². The number of carbonyl (C=O) groups is 1. The fourth-order valence-corrected chi connectivity index (χ4v) is 12.8. The first-order valence-electron chi connectivity index (χ1n) is 16.1. The third kappa shape index (κ3) is 10.3. The third-order valence-electron chi connectivity index (χ3n) is 8.30. The van der Waals surface area contributed by atoms with Gasteiger partial charge in [0, 0.05) is 11.3 Å². The summed E-state index contributed by atoms with van der Waals surface area (Å²) in [5, 5.41) is 4.43. The van der Waals surface area contributed by atoms with Crippen LogP contribution in [0, 0.1) is 3.82 Å². The van der Waals surface area contributed by atoms with Crippen molar-refractivity contribution in [3.8, 4) is 16.2 Å². The lowest BCUT2D eigenvalue weighted by molar-refractivity contribution is -0.134. The molecule has 240 valence electrons. The molecule has 1 heterocycles. The Bertz CT molecular complexity index is 1540. The van der Waals surface area contributed by atoms with Crippen LogP contribution in [-0.2, 0) is 4.79 Å². The maximum absolute atomic E-state index is 12.3. The first kappa shape index (κ1) is 36.4. The van der Waals surface area contributed by atoms with Crippen molar-refractivity contribution >= 4 is 62.0 Å². The summed E-state index contributed by atoms with van der Waals surface area (Å²) in [5.41, 5.74) is 1.10. The highest BCUT2D eigenvalue weighted by molar-refractivity contribution is 7.95. The Hall–Kier alpha value is -2.47. The lowest BCUT2D eigenvalue weighted by Gasteiger charge is -2.27. The van der Waals surface area contributed by atoms with Gasteiger partial charge in [0.25, 0.3) is 0 Å². The molecule has 0 saturated carbocycles.